The summed E-state index contributed by atoms with van der Waals surface area (Å²) in [4.78, 5) is 4.42. The van der Waals surface area contributed by atoms with Crippen molar-refractivity contribution in [2.24, 2.45) is 0 Å². The molecule has 0 spiro atoms. The van der Waals surface area contributed by atoms with Gasteiger partial charge < -0.3 is 10.3 Å². The van der Waals surface area contributed by atoms with Crippen molar-refractivity contribution in [1.29, 1.82) is 0 Å². The van der Waals surface area contributed by atoms with Crippen LogP contribution in [-0.2, 0) is 0 Å². The predicted molar refractivity (Wildman–Crippen MR) is 61.0 cm³/mol. The maximum Gasteiger partial charge on any atom is 0.0931 e. The summed E-state index contributed by atoms with van der Waals surface area (Å²) in [5, 5.41) is 3.25. The van der Waals surface area contributed by atoms with Crippen LogP contribution >= 0.6 is 22.9 Å². The normalized spacial score (nSPS) is 13.0. The van der Waals surface area contributed by atoms with E-state index in [4.69, 9.17) is 11.6 Å². The van der Waals surface area contributed by atoms with Crippen LogP contribution < -0.4 is 5.32 Å². The Balaban J connectivity index is 2.31. The molecule has 0 saturated carbocycles. The Kier molecular flexibility index (Phi) is 2.91. The number of halogens is 1. The third-order valence-electron chi connectivity index (χ3n) is 2.10. The fourth-order valence-electron chi connectivity index (χ4n) is 1.46. The Morgan fingerprint density at radius 2 is 2.29 bits per heavy atom. The lowest BCUT2D eigenvalue weighted by molar-refractivity contribution is 0.687. The molecule has 74 valence electrons. The van der Waals surface area contributed by atoms with Gasteiger partial charge in [0, 0.05) is 16.8 Å². The molecule has 0 saturated heterocycles. The van der Waals surface area contributed by atoms with Crippen molar-refractivity contribution in [3.05, 3.63) is 45.4 Å². The molecule has 2 rings (SSSR count). The van der Waals surface area contributed by atoms with Gasteiger partial charge in [0.15, 0.2) is 0 Å². The molecule has 0 aliphatic heterocycles. The maximum absolute atomic E-state index is 5.90. The van der Waals surface area contributed by atoms with E-state index in [2.05, 4.69) is 22.4 Å². The average Bonchev–Trinajstić information content (AvgIpc) is 2.79. The van der Waals surface area contributed by atoms with E-state index in [1.165, 1.54) is 4.88 Å². The summed E-state index contributed by atoms with van der Waals surface area (Å²) >= 11 is 7.50. The second-order valence-corrected chi connectivity index (χ2v) is 4.74. The van der Waals surface area contributed by atoms with E-state index in [9.17, 15) is 0 Å². The molecular weight excluding hydrogens is 216 g/mol. The lowest BCUT2D eigenvalue weighted by Gasteiger charge is -2.12. The lowest BCUT2D eigenvalue weighted by atomic mass is 10.2. The first-order chi connectivity index (χ1) is 6.81. The second kappa shape index (κ2) is 4.17. The number of aromatic nitrogens is 1. The Bertz CT molecular complexity index is 394. The summed E-state index contributed by atoms with van der Waals surface area (Å²) in [6.07, 6.45) is 1.93. The first kappa shape index (κ1) is 9.77. The van der Waals surface area contributed by atoms with Crippen molar-refractivity contribution in [1.82, 2.24) is 10.3 Å². The van der Waals surface area contributed by atoms with E-state index >= 15 is 0 Å². The van der Waals surface area contributed by atoms with Crippen molar-refractivity contribution >= 4 is 22.9 Å². The summed E-state index contributed by atoms with van der Waals surface area (Å²) in [7, 11) is 1.94. The minimum atomic E-state index is 0.211. The molecule has 0 fully saturated rings. The van der Waals surface area contributed by atoms with Gasteiger partial charge in [-0.05, 0) is 31.3 Å². The molecule has 0 aromatic carbocycles. The fraction of sp³-hybridized carbons (Fsp3) is 0.200. The summed E-state index contributed by atoms with van der Waals surface area (Å²) < 4.78 is 0.826. The van der Waals surface area contributed by atoms with Crippen LogP contribution in [0.4, 0.5) is 0 Å². The van der Waals surface area contributed by atoms with E-state index in [0.29, 0.717) is 0 Å². The van der Waals surface area contributed by atoms with Crippen molar-refractivity contribution in [3.8, 4) is 0 Å². The van der Waals surface area contributed by atoms with Crippen LogP contribution in [-0.4, -0.2) is 12.0 Å². The topological polar surface area (TPSA) is 27.8 Å². The van der Waals surface area contributed by atoms with Gasteiger partial charge in [-0.1, -0.05) is 11.6 Å². The zero-order chi connectivity index (χ0) is 9.97. The lowest BCUT2D eigenvalue weighted by Crippen LogP contribution is -2.16. The molecule has 2 aromatic rings. The van der Waals surface area contributed by atoms with E-state index in [-0.39, 0.29) is 6.04 Å². The number of hydrogen-bond acceptors (Lipinski definition) is 2. The number of aromatic amines is 1. The van der Waals surface area contributed by atoms with Gasteiger partial charge in [0.1, 0.15) is 0 Å². The molecule has 0 amide bonds. The highest BCUT2D eigenvalue weighted by Gasteiger charge is 2.14. The second-order valence-electron chi connectivity index (χ2n) is 2.99. The molecule has 2 heterocycles. The number of thiophene rings is 1. The zero-order valence-corrected chi connectivity index (χ0v) is 9.32. The molecule has 1 atom stereocenters. The molecule has 4 heteroatoms. The van der Waals surface area contributed by atoms with Gasteiger partial charge in [0.05, 0.1) is 10.4 Å². The minimum Gasteiger partial charge on any atom is -0.363 e. The van der Waals surface area contributed by atoms with Crippen molar-refractivity contribution in [2.45, 2.75) is 6.04 Å². The molecule has 14 heavy (non-hydrogen) atoms. The van der Waals surface area contributed by atoms with Crippen LogP contribution in [0, 0.1) is 0 Å². The molecule has 0 aliphatic carbocycles. The maximum atomic E-state index is 5.90. The molecule has 0 bridgehead atoms. The van der Waals surface area contributed by atoms with Gasteiger partial charge in [-0.25, -0.2) is 0 Å². The Hall–Kier alpha value is -0.770. The van der Waals surface area contributed by atoms with E-state index in [1.807, 2.05) is 25.4 Å². The fourth-order valence-corrected chi connectivity index (χ4v) is 2.65. The Morgan fingerprint density at radius 1 is 1.43 bits per heavy atom. The highest BCUT2D eigenvalue weighted by atomic mass is 35.5. The molecule has 0 aliphatic rings. The van der Waals surface area contributed by atoms with Gasteiger partial charge in [-0.3, -0.25) is 0 Å². The van der Waals surface area contributed by atoms with Crippen LogP contribution in [0.15, 0.2) is 30.5 Å². The average molecular weight is 227 g/mol. The van der Waals surface area contributed by atoms with Gasteiger partial charge in [0.2, 0.25) is 0 Å². The van der Waals surface area contributed by atoms with Crippen molar-refractivity contribution < 1.29 is 0 Å². The number of nitrogens with one attached hydrogen (secondary N) is 2. The van der Waals surface area contributed by atoms with Gasteiger partial charge in [-0.15, -0.1) is 11.3 Å². The highest BCUT2D eigenvalue weighted by Crippen LogP contribution is 2.29. The first-order valence-electron chi connectivity index (χ1n) is 4.37. The Labute approximate surface area is 91.9 Å². The summed E-state index contributed by atoms with van der Waals surface area (Å²) in [6.45, 7) is 0. The quantitative estimate of drug-likeness (QED) is 0.828. The summed E-state index contributed by atoms with van der Waals surface area (Å²) in [5.74, 6) is 0. The standard InChI is InChI=1S/C10H11ClN2S/c1-12-10(7-3-2-6-13-7)8-4-5-9(11)14-8/h2-6,10,12-13H,1H3. The van der Waals surface area contributed by atoms with Gasteiger partial charge in [-0.2, -0.15) is 0 Å². The Morgan fingerprint density at radius 3 is 2.79 bits per heavy atom. The van der Waals surface area contributed by atoms with E-state index in [1.54, 1.807) is 11.3 Å². The predicted octanol–water partition coefficient (Wildman–Crippen LogP) is 3.04. The molecule has 2 aromatic heterocycles. The molecule has 2 N–H and O–H groups in total. The van der Waals surface area contributed by atoms with Gasteiger partial charge >= 0.3 is 0 Å². The smallest absolute Gasteiger partial charge is 0.0931 e. The molecule has 1 unspecified atom stereocenters. The van der Waals surface area contributed by atoms with Gasteiger partial charge in [0.25, 0.3) is 0 Å². The number of rotatable bonds is 3. The summed E-state index contributed by atoms with van der Waals surface area (Å²) in [6, 6.07) is 8.25. The zero-order valence-electron chi connectivity index (χ0n) is 7.75. The number of H-pyrrole nitrogens is 1. The van der Waals surface area contributed by atoms with Crippen LogP contribution in [0.2, 0.25) is 4.34 Å². The summed E-state index contributed by atoms with van der Waals surface area (Å²) in [5.41, 5.74) is 1.16. The molecule has 0 radical (unpaired) electrons. The van der Waals surface area contributed by atoms with Crippen molar-refractivity contribution in [3.63, 3.8) is 0 Å². The van der Waals surface area contributed by atoms with Crippen LogP contribution in [0.3, 0.4) is 0 Å². The minimum absolute atomic E-state index is 0.211. The van der Waals surface area contributed by atoms with E-state index < -0.39 is 0 Å². The first-order valence-corrected chi connectivity index (χ1v) is 5.56. The molecular formula is C10H11ClN2S. The van der Waals surface area contributed by atoms with Crippen LogP contribution in [0.1, 0.15) is 16.6 Å². The van der Waals surface area contributed by atoms with E-state index in [0.717, 1.165) is 10.0 Å². The van der Waals surface area contributed by atoms with Crippen LogP contribution in [0.5, 0.6) is 0 Å². The third-order valence-corrected chi connectivity index (χ3v) is 3.40. The van der Waals surface area contributed by atoms with Crippen LogP contribution in [0.25, 0.3) is 0 Å². The molecule has 2 nitrogen and oxygen atoms in total. The van der Waals surface area contributed by atoms with Crippen molar-refractivity contribution in [2.75, 3.05) is 7.05 Å². The largest absolute Gasteiger partial charge is 0.363 e. The SMILES string of the molecule is CNC(c1ccc[nH]1)c1ccc(Cl)s1. The highest BCUT2D eigenvalue weighted by molar-refractivity contribution is 7.16. The number of hydrogen-bond donors (Lipinski definition) is 2. The monoisotopic (exact) mass is 226 g/mol. The third kappa shape index (κ3) is 1.85.